The number of rotatable bonds is 9. The minimum Gasteiger partial charge on any atom is -0.480 e. The van der Waals surface area contributed by atoms with Gasteiger partial charge < -0.3 is 25.2 Å². The molecule has 0 heterocycles. The molecule has 1 aliphatic rings. The topological polar surface area (TPSA) is 131 Å². The number of carboxylic acid groups (broad SMARTS) is 1. The third kappa shape index (κ3) is 5.49. The molecule has 9 heteroatoms. The molecule has 2 atom stereocenters. The van der Waals surface area contributed by atoms with Crippen LogP contribution in [0.15, 0.2) is 48.5 Å². The van der Waals surface area contributed by atoms with E-state index in [-0.39, 0.29) is 18.9 Å². The Hall–Kier alpha value is -3.88. The highest BCUT2D eigenvalue weighted by atomic mass is 16.5. The Balaban J connectivity index is 1.61. The summed E-state index contributed by atoms with van der Waals surface area (Å²) < 4.78 is 9.89. The number of hydrogen-bond donors (Lipinski definition) is 3. The third-order valence-corrected chi connectivity index (χ3v) is 5.57. The molecule has 0 fully saturated rings. The predicted octanol–water partition coefficient (Wildman–Crippen LogP) is 2.44. The SMILES string of the molecule is CCC(NC(=O)OCC1c2ccccc2-c2ccccc21)C(=O)N[C@@H](CC(=O)OC)C(=O)O. The molecule has 0 saturated carbocycles. The number of esters is 1. The van der Waals surface area contributed by atoms with Gasteiger partial charge in [0.05, 0.1) is 13.5 Å². The van der Waals surface area contributed by atoms with Crippen molar-refractivity contribution in [1.82, 2.24) is 10.6 Å². The Bertz CT molecular complexity index is 1010. The smallest absolute Gasteiger partial charge is 0.407 e. The van der Waals surface area contributed by atoms with E-state index in [0.717, 1.165) is 29.4 Å². The molecule has 0 saturated heterocycles. The minimum absolute atomic E-state index is 0.0814. The zero-order valence-electron chi connectivity index (χ0n) is 18.4. The summed E-state index contributed by atoms with van der Waals surface area (Å²) in [5, 5.41) is 14.0. The van der Waals surface area contributed by atoms with Crippen LogP contribution in [0, 0.1) is 0 Å². The van der Waals surface area contributed by atoms with Crippen LogP contribution in [0.4, 0.5) is 4.79 Å². The van der Waals surface area contributed by atoms with E-state index in [1.54, 1.807) is 6.92 Å². The minimum atomic E-state index is -1.47. The lowest BCUT2D eigenvalue weighted by Crippen LogP contribution is -2.52. The number of carbonyl (C=O) groups is 4. The molecule has 0 aliphatic heterocycles. The molecule has 0 bridgehead atoms. The average molecular weight is 454 g/mol. The molecule has 174 valence electrons. The van der Waals surface area contributed by atoms with Crippen LogP contribution >= 0.6 is 0 Å². The van der Waals surface area contributed by atoms with E-state index in [4.69, 9.17) is 4.74 Å². The first kappa shape index (κ1) is 23.8. The van der Waals surface area contributed by atoms with E-state index >= 15 is 0 Å². The highest BCUT2D eigenvalue weighted by Gasteiger charge is 2.31. The van der Waals surface area contributed by atoms with Crippen LogP contribution in [-0.2, 0) is 23.9 Å². The molecule has 0 aromatic heterocycles. The maximum Gasteiger partial charge on any atom is 0.407 e. The first-order valence-corrected chi connectivity index (χ1v) is 10.6. The Morgan fingerprint density at radius 1 is 0.939 bits per heavy atom. The van der Waals surface area contributed by atoms with E-state index in [1.807, 2.05) is 48.5 Å². The molecule has 2 aromatic carbocycles. The fourth-order valence-electron chi connectivity index (χ4n) is 3.86. The van der Waals surface area contributed by atoms with Crippen molar-refractivity contribution in [3.05, 3.63) is 59.7 Å². The van der Waals surface area contributed by atoms with Crippen molar-refractivity contribution in [2.45, 2.75) is 37.8 Å². The quantitative estimate of drug-likeness (QED) is 0.496. The second-order valence-electron chi connectivity index (χ2n) is 7.61. The second-order valence-corrected chi connectivity index (χ2v) is 7.61. The van der Waals surface area contributed by atoms with Crippen LogP contribution in [-0.4, -0.2) is 54.8 Å². The fourth-order valence-corrected chi connectivity index (χ4v) is 3.86. The lowest BCUT2D eigenvalue weighted by Gasteiger charge is -2.20. The largest absolute Gasteiger partial charge is 0.480 e. The molecular formula is C24H26N2O7. The van der Waals surface area contributed by atoms with Crippen molar-refractivity contribution in [3.63, 3.8) is 0 Å². The third-order valence-electron chi connectivity index (χ3n) is 5.57. The van der Waals surface area contributed by atoms with Gasteiger partial charge in [-0.3, -0.25) is 9.59 Å². The van der Waals surface area contributed by atoms with Crippen LogP contribution in [0.3, 0.4) is 0 Å². The molecule has 1 aliphatic carbocycles. The Morgan fingerprint density at radius 2 is 1.52 bits per heavy atom. The molecule has 9 nitrogen and oxygen atoms in total. The van der Waals surface area contributed by atoms with E-state index in [0.29, 0.717) is 0 Å². The maximum absolute atomic E-state index is 12.5. The van der Waals surface area contributed by atoms with Gasteiger partial charge in [-0.2, -0.15) is 0 Å². The molecule has 0 spiro atoms. The van der Waals surface area contributed by atoms with Crippen LogP contribution in [0.1, 0.15) is 36.8 Å². The standard InChI is InChI=1S/C24H26N2O7/c1-3-19(22(28)25-20(23(29)30)12-21(27)32-2)26-24(31)33-13-18-16-10-6-4-8-14(16)15-9-5-7-11-17(15)18/h4-11,18-20H,3,12-13H2,1-2H3,(H,25,28)(H,26,31)(H,29,30)/t19?,20-/m0/s1. The van der Waals surface area contributed by atoms with Gasteiger partial charge in [-0.15, -0.1) is 0 Å². The van der Waals surface area contributed by atoms with Gasteiger partial charge in [0.15, 0.2) is 0 Å². The van der Waals surface area contributed by atoms with Crippen LogP contribution in [0.2, 0.25) is 0 Å². The monoisotopic (exact) mass is 454 g/mol. The zero-order valence-corrected chi connectivity index (χ0v) is 18.4. The summed E-state index contributed by atoms with van der Waals surface area (Å²) in [4.78, 5) is 47.6. The Labute approximate surface area is 191 Å². The number of carbonyl (C=O) groups excluding carboxylic acids is 3. The fraction of sp³-hybridized carbons (Fsp3) is 0.333. The van der Waals surface area contributed by atoms with Crippen molar-refractivity contribution in [3.8, 4) is 11.1 Å². The molecule has 3 rings (SSSR count). The van der Waals surface area contributed by atoms with E-state index in [2.05, 4.69) is 15.4 Å². The van der Waals surface area contributed by atoms with Crippen LogP contribution in [0.25, 0.3) is 11.1 Å². The van der Waals surface area contributed by atoms with Gasteiger partial charge in [0, 0.05) is 5.92 Å². The van der Waals surface area contributed by atoms with Gasteiger partial charge in [-0.25, -0.2) is 9.59 Å². The summed E-state index contributed by atoms with van der Waals surface area (Å²) in [6, 6.07) is 13.3. The molecule has 33 heavy (non-hydrogen) atoms. The van der Waals surface area contributed by atoms with Gasteiger partial charge in [0.1, 0.15) is 18.7 Å². The number of ether oxygens (including phenoxy) is 2. The summed E-state index contributed by atoms with van der Waals surface area (Å²) in [7, 11) is 1.12. The number of nitrogens with one attached hydrogen (secondary N) is 2. The zero-order chi connectivity index (χ0) is 24.0. The van der Waals surface area contributed by atoms with Gasteiger partial charge in [0.2, 0.25) is 5.91 Å². The number of hydrogen-bond acceptors (Lipinski definition) is 6. The van der Waals surface area contributed by atoms with E-state index in [9.17, 15) is 24.3 Å². The molecule has 3 N–H and O–H groups in total. The number of amides is 2. The van der Waals surface area contributed by atoms with Crippen molar-refractivity contribution < 1.29 is 33.8 Å². The second kappa shape index (κ2) is 10.6. The molecule has 2 amide bonds. The molecule has 1 unspecified atom stereocenters. The number of carboxylic acids is 1. The number of aliphatic carboxylic acids is 1. The summed E-state index contributed by atoms with van der Waals surface area (Å²) in [6.07, 6.45) is -1.13. The first-order valence-electron chi connectivity index (χ1n) is 10.6. The Morgan fingerprint density at radius 3 is 2.03 bits per heavy atom. The summed E-state index contributed by atoms with van der Waals surface area (Å²) >= 11 is 0. The lowest BCUT2D eigenvalue weighted by atomic mass is 9.98. The average Bonchev–Trinajstić information content (AvgIpc) is 3.14. The lowest BCUT2D eigenvalue weighted by molar-refractivity contribution is -0.148. The van der Waals surface area contributed by atoms with Crippen molar-refractivity contribution in [2.24, 2.45) is 0 Å². The van der Waals surface area contributed by atoms with Gasteiger partial charge in [0.25, 0.3) is 0 Å². The highest BCUT2D eigenvalue weighted by Crippen LogP contribution is 2.44. The van der Waals surface area contributed by atoms with Gasteiger partial charge in [-0.05, 0) is 28.7 Å². The predicted molar refractivity (Wildman–Crippen MR) is 118 cm³/mol. The summed E-state index contributed by atoms with van der Waals surface area (Å²) in [5.74, 6) is -3.03. The Kier molecular flexibility index (Phi) is 7.66. The number of alkyl carbamates (subject to hydrolysis) is 1. The first-order chi connectivity index (χ1) is 15.8. The maximum atomic E-state index is 12.5. The number of methoxy groups -OCH3 is 1. The normalized spacial score (nSPS) is 13.8. The van der Waals surface area contributed by atoms with E-state index < -0.39 is 42.4 Å². The van der Waals surface area contributed by atoms with Crippen LogP contribution in [0.5, 0.6) is 0 Å². The summed E-state index contributed by atoms with van der Waals surface area (Å²) in [6.45, 7) is 1.74. The molecule has 2 aromatic rings. The number of fused-ring (bicyclic) bond motifs is 3. The molecular weight excluding hydrogens is 428 g/mol. The van der Waals surface area contributed by atoms with E-state index in [1.165, 1.54) is 0 Å². The van der Waals surface area contributed by atoms with Crippen molar-refractivity contribution >= 4 is 23.9 Å². The van der Waals surface area contributed by atoms with Gasteiger partial charge >= 0.3 is 18.0 Å². The van der Waals surface area contributed by atoms with Crippen molar-refractivity contribution in [1.29, 1.82) is 0 Å². The number of benzene rings is 2. The summed E-state index contributed by atoms with van der Waals surface area (Å²) in [5.41, 5.74) is 4.31. The van der Waals surface area contributed by atoms with Crippen molar-refractivity contribution in [2.75, 3.05) is 13.7 Å². The van der Waals surface area contributed by atoms with Crippen LogP contribution < -0.4 is 10.6 Å². The van der Waals surface area contributed by atoms with Gasteiger partial charge in [-0.1, -0.05) is 55.5 Å². The molecule has 0 radical (unpaired) electrons. The highest BCUT2D eigenvalue weighted by molar-refractivity contribution is 5.91.